The number of morpholine rings is 1. The predicted molar refractivity (Wildman–Crippen MR) is 65.8 cm³/mol. The maximum atomic E-state index is 10.7. The third kappa shape index (κ3) is 3.21. The van der Waals surface area contributed by atoms with Gasteiger partial charge in [0.2, 0.25) is 0 Å². The molecule has 0 aromatic heterocycles. The van der Waals surface area contributed by atoms with Crippen LogP contribution in [0.1, 0.15) is 11.7 Å². The summed E-state index contributed by atoms with van der Waals surface area (Å²) in [5.41, 5.74) is 1.02. The summed E-state index contributed by atoms with van der Waals surface area (Å²) in [6.45, 7) is 1.87. The lowest BCUT2D eigenvalue weighted by molar-refractivity contribution is -0.140. The average molecular weight is 251 g/mol. The van der Waals surface area contributed by atoms with Gasteiger partial charge in [-0.25, -0.2) is 0 Å². The van der Waals surface area contributed by atoms with E-state index in [2.05, 4.69) is 0 Å². The van der Waals surface area contributed by atoms with Crippen LogP contribution in [0.3, 0.4) is 0 Å². The van der Waals surface area contributed by atoms with Crippen LogP contribution in [0.5, 0.6) is 5.75 Å². The zero-order chi connectivity index (χ0) is 13.0. The van der Waals surface area contributed by atoms with Crippen LogP contribution in [0, 0.1) is 0 Å². The van der Waals surface area contributed by atoms with Crippen molar-refractivity contribution in [1.29, 1.82) is 0 Å². The van der Waals surface area contributed by atoms with Gasteiger partial charge in [0.15, 0.2) is 0 Å². The van der Waals surface area contributed by atoms with Crippen molar-refractivity contribution in [3.05, 3.63) is 29.8 Å². The van der Waals surface area contributed by atoms with Gasteiger partial charge in [-0.15, -0.1) is 0 Å². The zero-order valence-electron chi connectivity index (χ0n) is 10.3. The minimum Gasteiger partial charge on any atom is -0.497 e. The molecule has 1 aromatic rings. The number of hydrogen-bond donors (Lipinski definition) is 1. The van der Waals surface area contributed by atoms with E-state index in [4.69, 9.17) is 14.6 Å². The number of methoxy groups -OCH3 is 1. The summed E-state index contributed by atoms with van der Waals surface area (Å²) in [6, 6.07) is 7.68. The van der Waals surface area contributed by atoms with Crippen molar-refractivity contribution in [3.63, 3.8) is 0 Å². The van der Waals surface area contributed by atoms with E-state index in [-0.39, 0.29) is 12.6 Å². The molecule has 1 heterocycles. The lowest BCUT2D eigenvalue weighted by Gasteiger charge is -2.32. The molecular formula is C13H17NO4. The fourth-order valence-electron chi connectivity index (χ4n) is 2.08. The van der Waals surface area contributed by atoms with Crippen molar-refractivity contribution in [2.45, 2.75) is 6.10 Å². The van der Waals surface area contributed by atoms with E-state index in [1.807, 2.05) is 29.2 Å². The first-order chi connectivity index (χ1) is 8.69. The van der Waals surface area contributed by atoms with Crippen LogP contribution in [0.4, 0.5) is 0 Å². The predicted octanol–water partition coefficient (Wildman–Crippen LogP) is 1.15. The van der Waals surface area contributed by atoms with Crippen LogP contribution in [-0.4, -0.2) is 49.3 Å². The Bertz CT molecular complexity index is 421. The largest absolute Gasteiger partial charge is 0.497 e. The van der Waals surface area contributed by atoms with E-state index < -0.39 is 5.97 Å². The molecule has 1 saturated heterocycles. The molecular weight excluding hydrogens is 234 g/mol. The highest BCUT2D eigenvalue weighted by Gasteiger charge is 2.23. The first-order valence-corrected chi connectivity index (χ1v) is 5.89. The van der Waals surface area contributed by atoms with Crippen LogP contribution in [0.25, 0.3) is 0 Å². The molecule has 5 heteroatoms. The Balaban J connectivity index is 2.05. The minimum atomic E-state index is -0.804. The van der Waals surface area contributed by atoms with Crippen molar-refractivity contribution >= 4 is 5.97 Å². The normalized spacial score (nSPS) is 20.6. The van der Waals surface area contributed by atoms with Gasteiger partial charge in [-0.2, -0.15) is 0 Å². The summed E-state index contributed by atoms with van der Waals surface area (Å²) in [4.78, 5) is 12.6. The lowest BCUT2D eigenvalue weighted by Crippen LogP contribution is -2.41. The molecule has 1 aliphatic rings. The fourth-order valence-corrected chi connectivity index (χ4v) is 2.08. The molecule has 18 heavy (non-hydrogen) atoms. The number of benzene rings is 1. The molecule has 0 spiro atoms. The van der Waals surface area contributed by atoms with E-state index in [1.165, 1.54) is 0 Å². The van der Waals surface area contributed by atoms with Crippen LogP contribution < -0.4 is 4.74 Å². The van der Waals surface area contributed by atoms with Gasteiger partial charge in [0, 0.05) is 13.1 Å². The van der Waals surface area contributed by atoms with Gasteiger partial charge in [0.25, 0.3) is 0 Å². The van der Waals surface area contributed by atoms with Crippen LogP contribution >= 0.6 is 0 Å². The molecule has 0 bridgehead atoms. The highest BCUT2D eigenvalue weighted by Crippen LogP contribution is 2.25. The molecule has 2 rings (SSSR count). The summed E-state index contributed by atoms with van der Waals surface area (Å²) < 4.78 is 10.9. The van der Waals surface area contributed by atoms with E-state index in [1.54, 1.807) is 7.11 Å². The first kappa shape index (κ1) is 12.9. The summed E-state index contributed by atoms with van der Waals surface area (Å²) in [5.74, 6) is -0.0206. The Morgan fingerprint density at radius 3 is 3.17 bits per heavy atom. The molecule has 1 N–H and O–H groups in total. The molecule has 0 saturated carbocycles. The molecule has 1 unspecified atom stereocenters. The summed E-state index contributed by atoms with van der Waals surface area (Å²) in [5, 5.41) is 8.80. The molecule has 1 aromatic carbocycles. The number of ether oxygens (including phenoxy) is 2. The third-order valence-electron chi connectivity index (χ3n) is 2.98. The van der Waals surface area contributed by atoms with E-state index in [0.717, 1.165) is 11.3 Å². The van der Waals surface area contributed by atoms with Gasteiger partial charge in [-0.1, -0.05) is 12.1 Å². The topological polar surface area (TPSA) is 59.0 Å². The van der Waals surface area contributed by atoms with Gasteiger partial charge in [0.1, 0.15) is 5.75 Å². The maximum absolute atomic E-state index is 10.7. The SMILES string of the molecule is COc1cccc(C2CN(CC(=O)O)CCO2)c1. The average Bonchev–Trinajstić information content (AvgIpc) is 2.38. The third-order valence-corrected chi connectivity index (χ3v) is 2.98. The second kappa shape index (κ2) is 5.84. The highest BCUT2D eigenvalue weighted by molar-refractivity contribution is 5.69. The molecule has 0 radical (unpaired) electrons. The van der Waals surface area contributed by atoms with Crippen LogP contribution in [0.2, 0.25) is 0 Å². The second-order valence-electron chi connectivity index (χ2n) is 4.26. The number of carboxylic acid groups (broad SMARTS) is 1. The summed E-state index contributed by atoms with van der Waals surface area (Å²) in [7, 11) is 1.62. The van der Waals surface area contributed by atoms with Crippen molar-refractivity contribution in [2.75, 3.05) is 33.4 Å². The number of nitrogens with zero attached hydrogens (tertiary/aromatic N) is 1. The summed E-state index contributed by atoms with van der Waals surface area (Å²) >= 11 is 0. The molecule has 1 aliphatic heterocycles. The second-order valence-corrected chi connectivity index (χ2v) is 4.26. The van der Waals surface area contributed by atoms with Gasteiger partial charge < -0.3 is 14.6 Å². The molecule has 1 fully saturated rings. The number of carboxylic acids is 1. The smallest absolute Gasteiger partial charge is 0.317 e. The maximum Gasteiger partial charge on any atom is 0.317 e. The minimum absolute atomic E-state index is 0.0594. The molecule has 0 amide bonds. The molecule has 1 atom stereocenters. The Kier molecular flexibility index (Phi) is 4.17. The number of aliphatic carboxylic acids is 1. The first-order valence-electron chi connectivity index (χ1n) is 5.89. The van der Waals surface area contributed by atoms with Crippen molar-refractivity contribution in [1.82, 2.24) is 4.90 Å². The monoisotopic (exact) mass is 251 g/mol. The van der Waals surface area contributed by atoms with E-state index in [0.29, 0.717) is 19.7 Å². The van der Waals surface area contributed by atoms with Gasteiger partial charge in [0.05, 0.1) is 26.4 Å². The van der Waals surface area contributed by atoms with Crippen molar-refractivity contribution in [3.8, 4) is 5.75 Å². The van der Waals surface area contributed by atoms with Crippen molar-refractivity contribution < 1.29 is 19.4 Å². The Hall–Kier alpha value is -1.59. The molecule has 5 nitrogen and oxygen atoms in total. The van der Waals surface area contributed by atoms with Gasteiger partial charge in [-0.3, -0.25) is 9.69 Å². The lowest BCUT2D eigenvalue weighted by atomic mass is 10.1. The quantitative estimate of drug-likeness (QED) is 0.870. The highest BCUT2D eigenvalue weighted by atomic mass is 16.5. The van der Waals surface area contributed by atoms with E-state index in [9.17, 15) is 4.79 Å². The number of carbonyl (C=O) groups is 1. The van der Waals surface area contributed by atoms with E-state index >= 15 is 0 Å². The Morgan fingerprint density at radius 1 is 1.61 bits per heavy atom. The van der Waals surface area contributed by atoms with Gasteiger partial charge in [-0.05, 0) is 17.7 Å². The van der Waals surface area contributed by atoms with Crippen molar-refractivity contribution in [2.24, 2.45) is 0 Å². The number of hydrogen-bond acceptors (Lipinski definition) is 4. The fraction of sp³-hybridized carbons (Fsp3) is 0.462. The Labute approximate surface area is 106 Å². The van der Waals surface area contributed by atoms with Gasteiger partial charge >= 0.3 is 5.97 Å². The Morgan fingerprint density at radius 2 is 2.44 bits per heavy atom. The molecule has 0 aliphatic carbocycles. The summed E-state index contributed by atoms with van der Waals surface area (Å²) in [6.07, 6.45) is -0.0896. The number of rotatable bonds is 4. The van der Waals surface area contributed by atoms with Crippen LogP contribution in [0.15, 0.2) is 24.3 Å². The standard InChI is InChI=1S/C13H17NO4/c1-17-11-4-2-3-10(7-11)12-8-14(5-6-18-12)9-13(15)16/h2-4,7,12H,5-6,8-9H2,1H3,(H,15,16). The van der Waals surface area contributed by atoms with Crippen LogP contribution in [-0.2, 0) is 9.53 Å². The molecule has 98 valence electrons. The zero-order valence-corrected chi connectivity index (χ0v) is 10.3.